The molecule has 1 N–H and O–H groups in total. The Hall–Kier alpha value is -3.03. The number of nitrogens with one attached hydrogen (secondary N) is 1. The minimum Gasteiger partial charge on any atom is -0.347 e. The molecule has 0 aromatic carbocycles. The maximum Gasteiger partial charge on any atom is 0.240 e. The second kappa shape index (κ2) is 6.12. The first-order chi connectivity index (χ1) is 12.1. The van der Waals surface area contributed by atoms with Gasteiger partial charge in [-0.05, 0) is 25.0 Å². The van der Waals surface area contributed by atoms with Gasteiger partial charge in [-0.25, -0.2) is 0 Å². The highest BCUT2D eigenvalue weighted by atomic mass is 16.2. The molecule has 2 aromatic rings. The summed E-state index contributed by atoms with van der Waals surface area (Å²) in [6.07, 6.45) is 6.79. The van der Waals surface area contributed by atoms with E-state index in [4.69, 9.17) is 0 Å². The summed E-state index contributed by atoms with van der Waals surface area (Å²) in [5.74, 6) is -0.928. The molecule has 2 aromatic heterocycles. The lowest BCUT2D eigenvalue weighted by atomic mass is 9.85. The summed E-state index contributed by atoms with van der Waals surface area (Å²) in [4.78, 5) is 38.0. The van der Waals surface area contributed by atoms with Crippen LogP contribution in [0.1, 0.15) is 18.7 Å². The van der Waals surface area contributed by atoms with Crippen molar-refractivity contribution in [3.8, 4) is 0 Å². The number of likely N-dealkylation sites (tertiary alicyclic amines) is 1. The average Bonchev–Trinajstić information content (AvgIpc) is 3.15. The molecule has 0 spiro atoms. The molecule has 1 fully saturated rings. The molecule has 0 saturated carbocycles. The molecule has 128 valence electrons. The molecule has 3 amide bonds. The van der Waals surface area contributed by atoms with Crippen LogP contribution in [0.25, 0.3) is 5.65 Å². The molecule has 1 aliphatic carbocycles. The third-order valence-corrected chi connectivity index (χ3v) is 4.73. The summed E-state index contributed by atoms with van der Waals surface area (Å²) in [5, 5.41) is 10.7. The van der Waals surface area contributed by atoms with E-state index >= 15 is 0 Å². The number of pyridine rings is 1. The van der Waals surface area contributed by atoms with Crippen molar-refractivity contribution in [2.75, 3.05) is 6.54 Å². The molecule has 2 unspecified atom stereocenters. The number of hydrogen-bond donors (Lipinski definition) is 1. The Labute approximate surface area is 143 Å². The lowest BCUT2D eigenvalue weighted by Crippen LogP contribution is -2.41. The van der Waals surface area contributed by atoms with Crippen molar-refractivity contribution in [3.05, 3.63) is 42.4 Å². The molecule has 4 rings (SSSR count). The zero-order chi connectivity index (χ0) is 17.4. The first-order valence-corrected chi connectivity index (χ1v) is 8.20. The molecule has 0 bridgehead atoms. The third-order valence-electron chi connectivity index (χ3n) is 4.73. The SMILES string of the molecule is O=C(CN1C(=O)C2CC=CCC2C1=O)NCc1nnc2ccccn12. The predicted molar refractivity (Wildman–Crippen MR) is 86.9 cm³/mol. The molecule has 8 heteroatoms. The molecule has 2 atom stereocenters. The van der Waals surface area contributed by atoms with Crippen molar-refractivity contribution in [3.63, 3.8) is 0 Å². The van der Waals surface area contributed by atoms with E-state index in [2.05, 4.69) is 15.5 Å². The summed E-state index contributed by atoms with van der Waals surface area (Å²) < 4.78 is 1.77. The number of imide groups is 1. The standard InChI is InChI=1S/C17H17N5O3/c23-15(18-9-14-20-19-13-7-3-4-8-21(13)14)10-22-16(24)11-5-1-2-6-12(11)17(22)25/h1-4,7-8,11-12H,5-6,9-10H2,(H,18,23). The average molecular weight is 339 g/mol. The van der Waals surface area contributed by atoms with Gasteiger partial charge in [0.05, 0.1) is 18.4 Å². The van der Waals surface area contributed by atoms with Gasteiger partial charge in [-0.3, -0.25) is 23.7 Å². The fourth-order valence-electron chi connectivity index (χ4n) is 3.41. The van der Waals surface area contributed by atoms with E-state index in [1.54, 1.807) is 4.40 Å². The fourth-order valence-corrected chi connectivity index (χ4v) is 3.41. The van der Waals surface area contributed by atoms with Gasteiger partial charge in [0.25, 0.3) is 0 Å². The minimum atomic E-state index is -0.388. The van der Waals surface area contributed by atoms with Gasteiger partial charge in [0.1, 0.15) is 6.54 Å². The van der Waals surface area contributed by atoms with Crippen molar-refractivity contribution in [2.24, 2.45) is 11.8 Å². The van der Waals surface area contributed by atoms with Gasteiger partial charge in [0.2, 0.25) is 17.7 Å². The number of fused-ring (bicyclic) bond motifs is 2. The van der Waals surface area contributed by atoms with E-state index in [1.165, 1.54) is 0 Å². The first-order valence-electron chi connectivity index (χ1n) is 8.20. The Morgan fingerprint density at radius 2 is 1.84 bits per heavy atom. The van der Waals surface area contributed by atoms with E-state index in [0.29, 0.717) is 24.3 Å². The number of amides is 3. The van der Waals surface area contributed by atoms with Crippen molar-refractivity contribution < 1.29 is 14.4 Å². The maximum atomic E-state index is 12.4. The fraction of sp³-hybridized carbons (Fsp3) is 0.353. The predicted octanol–water partition coefficient (Wildman–Crippen LogP) is 0.297. The van der Waals surface area contributed by atoms with Gasteiger partial charge in [-0.15, -0.1) is 10.2 Å². The molecule has 3 heterocycles. The zero-order valence-electron chi connectivity index (χ0n) is 13.5. The zero-order valence-corrected chi connectivity index (χ0v) is 13.5. The summed E-state index contributed by atoms with van der Waals surface area (Å²) in [6, 6.07) is 5.51. The second-order valence-electron chi connectivity index (χ2n) is 6.24. The van der Waals surface area contributed by atoms with Crippen LogP contribution in [-0.4, -0.2) is 43.8 Å². The third kappa shape index (κ3) is 2.69. The van der Waals surface area contributed by atoms with E-state index in [9.17, 15) is 14.4 Å². The molecule has 1 aliphatic heterocycles. The number of carbonyl (C=O) groups is 3. The van der Waals surface area contributed by atoms with E-state index < -0.39 is 0 Å². The Kier molecular flexibility index (Phi) is 3.79. The van der Waals surface area contributed by atoms with Crippen LogP contribution in [0.3, 0.4) is 0 Å². The van der Waals surface area contributed by atoms with Gasteiger partial charge in [0, 0.05) is 6.20 Å². The second-order valence-corrected chi connectivity index (χ2v) is 6.24. The van der Waals surface area contributed by atoms with Crippen molar-refractivity contribution in [1.29, 1.82) is 0 Å². The van der Waals surface area contributed by atoms with E-state index in [0.717, 1.165) is 4.90 Å². The number of nitrogens with zero attached hydrogens (tertiary/aromatic N) is 4. The number of carbonyl (C=O) groups excluding carboxylic acids is 3. The molecular formula is C17H17N5O3. The molecular weight excluding hydrogens is 322 g/mol. The topological polar surface area (TPSA) is 96.7 Å². The number of allylic oxidation sites excluding steroid dienone is 2. The molecule has 1 saturated heterocycles. The van der Waals surface area contributed by atoms with Crippen molar-refractivity contribution >= 4 is 23.4 Å². The summed E-state index contributed by atoms with van der Waals surface area (Å²) in [6.45, 7) is -0.0734. The lowest BCUT2D eigenvalue weighted by Gasteiger charge is -2.14. The first kappa shape index (κ1) is 15.5. The smallest absolute Gasteiger partial charge is 0.240 e. The number of rotatable bonds is 4. The summed E-state index contributed by atoms with van der Waals surface area (Å²) in [7, 11) is 0. The van der Waals surface area contributed by atoms with Crippen LogP contribution in [0.2, 0.25) is 0 Å². The Morgan fingerprint density at radius 1 is 1.12 bits per heavy atom. The normalized spacial score (nSPS) is 22.5. The van der Waals surface area contributed by atoms with Gasteiger partial charge < -0.3 is 5.32 Å². The molecule has 2 aliphatic rings. The maximum absolute atomic E-state index is 12.4. The van der Waals surface area contributed by atoms with Crippen molar-refractivity contribution in [1.82, 2.24) is 24.8 Å². The Morgan fingerprint density at radius 3 is 2.56 bits per heavy atom. The minimum absolute atomic E-state index is 0.175. The van der Waals surface area contributed by atoms with Gasteiger partial charge in [-0.1, -0.05) is 18.2 Å². The van der Waals surface area contributed by atoms with Gasteiger partial charge in [0.15, 0.2) is 11.5 Å². The Bertz CT molecular complexity index is 861. The van der Waals surface area contributed by atoms with Gasteiger partial charge in [-0.2, -0.15) is 0 Å². The monoisotopic (exact) mass is 339 g/mol. The van der Waals surface area contributed by atoms with Crippen LogP contribution in [-0.2, 0) is 20.9 Å². The van der Waals surface area contributed by atoms with Crippen LogP contribution in [0.15, 0.2) is 36.5 Å². The number of aromatic nitrogens is 3. The van der Waals surface area contributed by atoms with Crippen LogP contribution in [0.5, 0.6) is 0 Å². The summed E-state index contributed by atoms with van der Waals surface area (Å²) in [5.41, 5.74) is 0.688. The van der Waals surface area contributed by atoms with E-state index in [1.807, 2.05) is 36.5 Å². The van der Waals surface area contributed by atoms with Crippen LogP contribution >= 0.6 is 0 Å². The molecule has 25 heavy (non-hydrogen) atoms. The summed E-state index contributed by atoms with van der Waals surface area (Å²) >= 11 is 0. The Balaban J connectivity index is 1.39. The van der Waals surface area contributed by atoms with Crippen LogP contribution in [0, 0.1) is 11.8 Å². The number of hydrogen-bond acceptors (Lipinski definition) is 5. The quantitative estimate of drug-likeness (QED) is 0.638. The highest BCUT2D eigenvalue weighted by Gasteiger charge is 2.47. The highest BCUT2D eigenvalue weighted by molar-refractivity contribution is 6.07. The van der Waals surface area contributed by atoms with Crippen LogP contribution in [0.4, 0.5) is 0 Å². The molecule has 0 radical (unpaired) electrons. The lowest BCUT2D eigenvalue weighted by molar-refractivity contribution is -0.143. The molecule has 8 nitrogen and oxygen atoms in total. The van der Waals surface area contributed by atoms with Gasteiger partial charge >= 0.3 is 0 Å². The highest BCUT2D eigenvalue weighted by Crippen LogP contribution is 2.34. The van der Waals surface area contributed by atoms with E-state index in [-0.39, 0.29) is 42.6 Å². The van der Waals surface area contributed by atoms with Crippen molar-refractivity contribution in [2.45, 2.75) is 19.4 Å². The largest absolute Gasteiger partial charge is 0.347 e. The van der Waals surface area contributed by atoms with Crippen LogP contribution < -0.4 is 5.32 Å².